The average molecular weight is 682 g/mol. The molecular formula is C34H35Cl2FN6O4. The number of pyridine rings is 2. The molecule has 3 aliphatic rings. The first-order chi connectivity index (χ1) is 22.6. The molecule has 1 aromatic carbocycles. The number of carbonyl (C=O) groups is 2. The number of methoxy groups -OCH3 is 1. The van der Waals surface area contributed by atoms with E-state index < -0.39 is 27.6 Å². The minimum atomic E-state index is -1.72. The highest BCUT2D eigenvalue weighted by atomic mass is 35.5. The molecule has 246 valence electrons. The maximum absolute atomic E-state index is 16.2. The molecule has 13 heteroatoms. The van der Waals surface area contributed by atoms with Crippen molar-refractivity contribution in [1.29, 1.82) is 0 Å². The number of alkyl halides is 2. The molecule has 2 atom stereocenters. The van der Waals surface area contributed by atoms with Gasteiger partial charge in [0, 0.05) is 62.5 Å². The number of carboxylic acid groups (broad SMARTS) is 1. The van der Waals surface area contributed by atoms with Gasteiger partial charge in [-0.25, -0.2) is 14.4 Å². The van der Waals surface area contributed by atoms with E-state index in [9.17, 15) is 14.7 Å². The van der Waals surface area contributed by atoms with Crippen LogP contribution in [0.15, 0.2) is 73.0 Å². The summed E-state index contributed by atoms with van der Waals surface area (Å²) < 4.78 is 20.2. The Morgan fingerprint density at radius 2 is 1.96 bits per heavy atom. The Hall–Kier alpha value is -4.03. The summed E-state index contributed by atoms with van der Waals surface area (Å²) in [5.74, 6) is -1.64. The highest BCUT2D eigenvalue weighted by molar-refractivity contribution is 6.55. The number of ether oxygens (including phenoxy) is 1. The summed E-state index contributed by atoms with van der Waals surface area (Å²) in [4.78, 5) is 33.9. The number of benzene rings is 1. The van der Waals surface area contributed by atoms with E-state index in [1.54, 1.807) is 24.3 Å². The fraction of sp³-hybridized carbons (Fsp3) is 0.353. The number of anilines is 1. The Labute approximate surface area is 282 Å². The summed E-state index contributed by atoms with van der Waals surface area (Å²) in [6.45, 7) is 1.92. The van der Waals surface area contributed by atoms with Gasteiger partial charge >= 0.3 is 5.97 Å². The first-order valence-electron chi connectivity index (χ1n) is 15.4. The minimum absolute atomic E-state index is 0.0529. The monoisotopic (exact) mass is 680 g/mol. The third-order valence-electron chi connectivity index (χ3n) is 8.84. The second-order valence-electron chi connectivity index (χ2n) is 12.0. The van der Waals surface area contributed by atoms with Crippen molar-refractivity contribution in [3.8, 4) is 5.88 Å². The van der Waals surface area contributed by atoms with Crippen LogP contribution in [0.1, 0.15) is 35.2 Å². The lowest BCUT2D eigenvalue weighted by Crippen LogP contribution is -2.51. The lowest BCUT2D eigenvalue weighted by atomic mass is 9.79. The molecule has 0 radical (unpaired) electrons. The molecule has 6 rings (SSSR count). The Morgan fingerprint density at radius 3 is 2.66 bits per heavy atom. The van der Waals surface area contributed by atoms with Crippen LogP contribution in [0.3, 0.4) is 0 Å². The Kier molecular flexibility index (Phi) is 9.52. The maximum atomic E-state index is 16.2. The SMILES string of the molecule is COc1nc(C2(Nc3nccc(CN4CC(C(=O)O)C4)c3F)C=CC=C(c3ccccc3)C2(Cl)Cl)ccc1CNCC1CCC(=O)N1. The van der Waals surface area contributed by atoms with E-state index in [2.05, 4.69) is 20.9 Å². The number of likely N-dealkylation sites (tertiary alicyclic amines) is 1. The van der Waals surface area contributed by atoms with Crippen LogP contribution < -0.4 is 20.7 Å². The Morgan fingerprint density at radius 1 is 1.17 bits per heavy atom. The van der Waals surface area contributed by atoms with Crippen LogP contribution in [0.4, 0.5) is 10.2 Å². The normalized spacial score (nSPS) is 22.3. The van der Waals surface area contributed by atoms with E-state index in [1.165, 1.54) is 13.3 Å². The predicted molar refractivity (Wildman–Crippen MR) is 178 cm³/mol. The number of aromatic nitrogens is 2. The van der Waals surface area contributed by atoms with E-state index in [0.29, 0.717) is 55.3 Å². The fourth-order valence-electron chi connectivity index (χ4n) is 6.22. The number of rotatable bonds is 12. The van der Waals surface area contributed by atoms with Crippen LogP contribution in [0, 0.1) is 11.7 Å². The van der Waals surface area contributed by atoms with E-state index >= 15 is 4.39 Å². The van der Waals surface area contributed by atoms with Gasteiger partial charge in [0.25, 0.3) is 0 Å². The van der Waals surface area contributed by atoms with E-state index in [0.717, 1.165) is 17.5 Å². The average Bonchev–Trinajstić information content (AvgIpc) is 3.46. The zero-order valence-electron chi connectivity index (χ0n) is 25.7. The van der Waals surface area contributed by atoms with E-state index in [-0.39, 0.29) is 24.3 Å². The number of aliphatic carboxylic acids is 1. The van der Waals surface area contributed by atoms with Gasteiger partial charge in [0.05, 0.1) is 18.7 Å². The molecule has 2 aromatic heterocycles. The van der Waals surface area contributed by atoms with Crippen LogP contribution >= 0.6 is 23.2 Å². The molecule has 2 aliphatic heterocycles. The van der Waals surface area contributed by atoms with Crippen LogP contribution in [-0.2, 0) is 28.2 Å². The second-order valence-corrected chi connectivity index (χ2v) is 13.3. The molecule has 1 amide bonds. The number of carbonyl (C=O) groups excluding carboxylic acids is 1. The van der Waals surface area contributed by atoms with E-state index in [1.807, 2.05) is 47.4 Å². The van der Waals surface area contributed by atoms with E-state index in [4.69, 9.17) is 32.9 Å². The third-order valence-corrected chi connectivity index (χ3v) is 9.84. The summed E-state index contributed by atoms with van der Waals surface area (Å²) in [5, 5.41) is 18.8. The van der Waals surface area contributed by atoms with Gasteiger partial charge in [0.2, 0.25) is 11.8 Å². The molecule has 4 heterocycles. The van der Waals surface area contributed by atoms with Crippen molar-refractivity contribution < 1.29 is 23.8 Å². The summed E-state index contributed by atoms with van der Waals surface area (Å²) in [7, 11) is 1.52. The molecule has 0 spiro atoms. The highest BCUT2D eigenvalue weighted by Gasteiger charge is 2.55. The molecule has 2 saturated heterocycles. The first kappa shape index (κ1) is 32.9. The van der Waals surface area contributed by atoms with Crippen LogP contribution in [0.2, 0.25) is 0 Å². The van der Waals surface area contributed by atoms with Gasteiger partial charge in [-0.1, -0.05) is 71.8 Å². The summed E-state index contributed by atoms with van der Waals surface area (Å²) in [5.41, 5.74) is 1.29. The summed E-state index contributed by atoms with van der Waals surface area (Å²) in [6, 6.07) is 14.7. The lowest BCUT2D eigenvalue weighted by Gasteiger charge is -2.45. The molecule has 4 N–H and O–H groups in total. The third kappa shape index (κ3) is 6.58. The van der Waals surface area contributed by atoms with Gasteiger partial charge in [-0.15, -0.1) is 0 Å². The molecule has 2 unspecified atom stereocenters. The van der Waals surface area contributed by atoms with Crippen molar-refractivity contribution in [2.75, 3.05) is 32.1 Å². The van der Waals surface area contributed by atoms with Crippen molar-refractivity contribution in [3.05, 3.63) is 101 Å². The van der Waals surface area contributed by atoms with Gasteiger partial charge in [-0.05, 0) is 35.8 Å². The molecular weight excluding hydrogens is 646 g/mol. The second kappa shape index (κ2) is 13.6. The van der Waals surface area contributed by atoms with Crippen molar-refractivity contribution in [2.45, 2.75) is 41.8 Å². The number of carboxylic acids is 1. The zero-order chi connectivity index (χ0) is 33.2. The molecule has 2 fully saturated rings. The summed E-state index contributed by atoms with van der Waals surface area (Å²) >= 11 is 14.8. The van der Waals surface area contributed by atoms with Gasteiger partial charge in [0.15, 0.2) is 16.0 Å². The Bertz CT molecular complexity index is 1720. The lowest BCUT2D eigenvalue weighted by molar-refractivity contribution is -0.147. The highest BCUT2D eigenvalue weighted by Crippen LogP contribution is 2.54. The molecule has 3 aromatic rings. The number of halogens is 3. The van der Waals surface area contributed by atoms with Crippen molar-refractivity contribution in [3.63, 3.8) is 0 Å². The zero-order valence-corrected chi connectivity index (χ0v) is 27.2. The molecule has 0 saturated carbocycles. The smallest absolute Gasteiger partial charge is 0.309 e. The van der Waals surface area contributed by atoms with Gasteiger partial charge in [-0.2, -0.15) is 0 Å². The Balaban J connectivity index is 1.34. The van der Waals surface area contributed by atoms with Gasteiger partial charge in [-0.3, -0.25) is 14.5 Å². The number of allylic oxidation sites excluding steroid dienone is 2. The van der Waals surface area contributed by atoms with Crippen LogP contribution in [0.25, 0.3) is 5.57 Å². The molecule has 47 heavy (non-hydrogen) atoms. The van der Waals surface area contributed by atoms with Crippen molar-refractivity contribution >= 4 is 46.5 Å². The molecule has 10 nitrogen and oxygen atoms in total. The fourth-order valence-corrected chi connectivity index (χ4v) is 6.98. The van der Waals surface area contributed by atoms with Gasteiger partial charge < -0.3 is 25.8 Å². The number of hydrogen-bond acceptors (Lipinski definition) is 8. The minimum Gasteiger partial charge on any atom is -0.481 e. The quantitative estimate of drug-likeness (QED) is 0.202. The largest absolute Gasteiger partial charge is 0.481 e. The summed E-state index contributed by atoms with van der Waals surface area (Å²) in [6.07, 6.45) is 8.14. The van der Waals surface area contributed by atoms with Crippen molar-refractivity contribution in [2.24, 2.45) is 5.92 Å². The number of hydrogen-bond donors (Lipinski definition) is 4. The number of amides is 1. The number of nitrogens with zero attached hydrogens (tertiary/aromatic N) is 3. The standard InChI is InChI=1S/C34H35Cl2FN6O4/c1-47-31-22(16-38-17-25-10-12-28(44)40-25)9-11-27(41-31)33(14-5-8-26(34(33,35)36)21-6-3-2-4-7-21)42-30-29(37)23(13-15-39-30)18-43-19-24(20-43)32(45)46/h2-9,11,13-15,24-25,38H,10,12,16-20H2,1H3,(H,39,42)(H,40,44)(H,45,46). The van der Waals surface area contributed by atoms with Crippen molar-refractivity contribution in [1.82, 2.24) is 25.5 Å². The van der Waals surface area contributed by atoms with Crippen LogP contribution in [0.5, 0.6) is 5.88 Å². The predicted octanol–water partition coefficient (Wildman–Crippen LogP) is 4.64. The van der Waals surface area contributed by atoms with Gasteiger partial charge in [0.1, 0.15) is 5.54 Å². The number of nitrogens with one attached hydrogen (secondary N) is 3. The van der Waals surface area contributed by atoms with Crippen LogP contribution in [-0.4, -0.2) is 69.0 Å². The molecule has 0 bridgehead atoms. The maximum Gasteiger partial charge on any atom is 0.309 e. The topological polar surface area (TPSA) is 129 Å². The first-order valence-corrected chi connectivity index (χ1v) is 16.1. The molecule has 1 aliphatic carbocycles.